The molecule has 13 heavy (non-hydrogen) atoms. The molecule has 0 fully saturated rings. The fourth-order valence-corrected chi connectivity index (χ4v) is 2.58. The Labute approximate surface area is 79.6 Å². The van der Waals surface area contributed by atoms with Crippen molar-refractivity contribution in [2.75, 3.05) is 0 Å². The molecule has 0 saturated heterocycles. The van der Waals surface area contributed by atoms with E-state index in [1.807, 2.05) is 18.2 Å². The number of hydrogen-bond donors (Lipinski definition) is 0. The number of fused-ring (bicyclic) bond motifs is 3. The van der Waals surface area contributed by atoms with Gasteiger partial charge < -0.3 is 4.42 Å². The predicted octanol–water partition coefficient (Wildman–Crippen LogP) is 3.96. The van der Waals surface area contributed by atoms with Crippen LogP contribution in [0, 0.1) is 6.92 Å². The molecule has 0 aliphatic heterocycles. The van der Waals surface area contributed by atoms with Gasteiger partial charge in [0.15, 0.2) is 0 Å². The van der Waals surface area contributed by atoms with Crippen molar-refractivity contribution in [3.8, 4) is 0 Å². The average molecular weight is 188 g/mol. The molecule has 0 N–H and O–H groups in total. The summed E-state index contributed by atoms with van der Waals surface area (Å²) in [6.07, 6.45) is 0. The second-order valence-electron chi connectivity index (χ2n) is 3.15. The van der Waals surface area contributed by atoms with Crippen LogP contribution in [0.2, 0.25) is 0 Å². The van der Waals surface area contributed by atoms with Gasteiger partial charge in [-0.05, 0) is 25.1 Å². The molecule has 1 nitrogen and oxygen atoms in total. The van der Waals surface area contributed by atoms with Crippen molar-refractivity contribution >= 4 is 32.6 Å². The lowest BCUT2D eigenvalue weighted by Crippen LogP contribution is -1.59. The highest BCUT2D eigenvalue weighted by Gasteiger charge is 2.07. The van der Waals surface area contributed by atoms with Gasteiger partial charge >= 0.3 is 0 Å². The number of furan rings is 1. The van der Waals surface area contributed by atoms with Crippen LogP contribution < -0.4 is 0 Å². The molecule has 0 aliphatic rings. The Kier molecular flexibility index (Phi) is 1.30. The van der Waals surface area contributed by atoms with Crippen molar-refractivity contribution in [3.05, 3.63) is 35.2 Å². The highest BCUT2D eigenvalue weighted by molar-refractivity contribution is 7.19. The minimum atomic E-state index is 0.990. The molecule has 3 aromatic rings. The van der Waals surface area contributed by atoms with Gasteiger partial charge in [-0.1, -0.05) is 12.1 Å². The first-order valence-electron chi connectivity index (χ1n) is 4.22. The molecule has 0 amide bonds. The highest BCUT2D eigenvalue weighted by Crippen LogP contribution is 2.34. The van der Waals surface area contributed by atoms with Crippen LogP contribution in [0.3, 0.4) is 0 Å². The SMILES string of the molecule is Cc1cc2oc3ccccc3c2s1. The zero-order valence-electron chi connectivity index (χ0n) is 7.20. The lowest BCUT2D eigenvalue weighted by atomic mass is 10.2. The summed E-state index contributed by atoms with van der Waals surface area (Å²) in [4.78, 5) is 1.31. The average Bonchev–Trinajstić information content (AvgIpc) is 2.60. The molecule has 2 heteroatoms. The maximum Gasteiger partial charge on any atom is 0.146 e. The van der Waals surface area contributed by atoms with Crippen molar-refractivity contribution in [1.82, 2.24) is 0 Å². The number of hydrogen-bond acceptors (Lipinski definition) is 2. The van der Waals surface area contributed by atoms with E-state index in [0.717, 1.165) is 11.2 Å². The van der Waals surface area contributed by atoms with Crippen LogP contribution in [0.1, 0.15) is 4.88 Å². The molecular weight excluding hydrogens is 180 g/mol. The summed E-state index contributed by atoms with van der Waals surface area (Å²) in [6, 6.07) is 10.3. The molecule has 0 atom stereocenters. The van der Waals surface area contributed by atoms with Crippen LogP contribution in [0.25, 0.3) is 21.3 Å². The second-order valence-corrected chi connectivity index (χ2v) is 4.40. The third-order valence-electron chi connectivity index (χ3n) is 2.17. The van der Waals surface area contributed by atoms with Gasteiger partial charge in [0.05, 0.1) is 4.70 Å². The minimum Gasteiger partial charge on any atom is -0.455 e. The lowest BCUT2D eigenvalue weighted by molar-refractivity contribution is 0.669. The number of thiophene rings is 1. The van der Waals surface area contributed by atoms with Crippen LogP contribution in [0.5, 0.6) is 0 Å². The summed E-state index contributed by atoms with van der Waals surface area (Å²) in [7, 11) is 0. The van der Waals surface area contributed by atoms with Gasteiger partial charge in [-0.2, -0.15) is 0 Å². The fourth-order valence-electron chi connectivity index (χ4n) is 1.62. The van der Waals surface area contributed by atoms with Crippen LogP contribution >= 0.6 is 11.3 Å². The van der Waals surface area contributed by atoms with Crippen molar-refractivity contribution in [2.24, 2.45) is 0 Å². The molecule has 64 valence electrons. The van der Waals surface area contributed by atoms with Crippen LogP contribution in [0.15, 0.2) is 34.7 Å². The van der Waals surface area contributed by atoms with Crippen molar-refractivity contribution < 1.29 is 4.42 Å². The third-order valence-corrected chi connectivity index (χ3v) is 3.24. The summed E-state index contributed by atoms with van der Waals surface area (Å²) < 4.78 is 6.96. The lowest BCUT2D eigenvalue weighted by Gasteiger charge is -1.84. The van der Waals surface area contributed by atoms with E-state index in [0.29, 0.717) is 0 Å². The number of para-hydroxylation sites is 1. The van der Waals surface area contributed by atoms with E-state index in [-0.39, 0.29) is 0 Å². The van der Waals surface area contributed by atoms with Gasteiger partial charge in [-0.3, -0.25) is 0 Å². The van der Waals surface area contributed by atoms with Gasteiger partial charge in [-0.15, -0.1) is 11.3 Å². The van der Waals surface area contributed by atoms with E-state index in [2.05, 4.69) is 19.1 Å². The van der Waals surface area contributed by atoms with Crippen LogP contribution in [0.4, 0.5) is 0 Å². The maximum atomic E-state index is 5.68. The molecule has 0 spiro atoms. The Morgan fingerprint density at radius 2 is 2.00 bits per heavy atom. The van der Waals surface area contributed by atoms with Crippen molar-refractivity contribution in [3.63, 3.8) is 0 Å². The van der Waals surface area contributed by atoms with Crippen LogP contribution in [-0.2, 0) is 0 Å². The highest BCUT2D eigenvalue weighted by atomic mass is 32.1. The predicted molar refractivity (Wildman–Crippen MR) is 56.3 cm³/mol. The second kappa shape index (κ2) is 2.36. The van der Waals surface area contributed by atoms with Crippen molar-refractivity contribution in [2.45, 2.75) is 6.92 Å². The first-order chi connectivity index (χ1) is 6.34. The Hall–Kier alpha value is -1.28. The molecule has 2 aromatic heterocycles. The maximum absolute atomic E-state index is 5.68. The summed E-state index contributed by atoms with van der Waals surface area (Å²) >= 11 is 1.79. The molecule has 0 bridgehead atoms. The quantitative estimate of drug-likeness (QED) is 0.520. The van der Waals surface area contributed by atoms with E-state index in [1.54, 1.807) is 11.3 Å². The number of rotatable bonds is 0. The van der Waals surface area contributed by atoms with E-state index in [1.165, 1.54) is 15.0 Å². The molecule has 0 unspecified atom stereocenters. The van der Waals surface area contributed by atoms with Gasteiger partial charge in [0.1, 0.15) is 11.2 Å². The monoisotopic (exact) mass is 188 g/mol. The molecule has 0 aliphatic carbocycles. The fraction of sp³-hybridized carbons (Fsp3) is 0.0909. The van der Waals surface area contributed by atoms with E-state index >= 15 is 0 Å². The minimum absolute atomic E-state index is 0.990. The number of aryl methyl sites for hydroxylation is 1. The smallest absolute Gasteiger partial charge is 0.146 e. The molecular formula is C11H8OS. The Bertz CT molecular complexity index is 574. The Morgan fingerprint density at radius 1 is 1.15 bits per heavy atom. The Morgan fingerprint density at radius 3 is 2.92 bits per heavy atom. The zero-order chi connectivity index (χ0) is 8.84. The molecule has 0 radical (unpaired) electrons. The zero-order valence-corrected chi connectivity index (χ0v) is 8.02. The summed E-state index contributed by atoms with van der Waals surface area (Å²) in [5.74, 6) is 0. The Balaban J connectivity index is 2.60. The molecule has 3 rings (SSSR count). The van der Waals surface area contributed by atoms with Gasteiger partial charge in [-0.25, -0.2) is 0 Å². The summed E-state index contributed by atoms with van der Waals surface area (Å²) in [6.45, 7) is 2.11. The first-order valence-corrected chi connectivity index (χ1v) is 5.04. The van der Waals surface area contributed by atoms with E-state index in [4.69, 9.17) is 4.42 Å². The summed E-state index contributed by atoms with van der Waals surface area (Å²) in [5, 5.41) is 1.23. The van der Waals surface area contributed by atoms with Crippen LogP contribution in [-0.4, -0.2) is 0 Å². The standard InChI is InChI=1S/C11H8OS/c1-7-6-10-11(13-7)8-4-2-3-5-9(8)12-10/h2-6H,1H3. The topological polar surface area (TPSA) is 13.1 Å². The largest absolute Gasteiger partial charge is 0.455 e. The van der Waals surface area contributed by atoms with Gasteiger partial charge in [0, 0.05) is 10.3 Å². The third kappa shape index (κ3) is 0.923. The van der Waals surface area contributed by atoms with Crippen molar-refractivity contribution in [1.29, 1.82) is 0 Å². The van der Waals surface area contributed by atoms with Gasteiger partial charge in [0.25, 0.3) is 0 Å². The van der Waals surface area contributed by atoms with Gasteiger partial charge in [0.2, 0.25) is 0 Å². The van der Waals surface area contributed by atoms with E-state index < -0.39 is 0 Å². The first kappa shape index (κ1) is 7.15. The molecule has 0 saturated carbocycles. The molecule has 2 heterocycles. The normalized spacial score (nSPS) is 11.5. The summed E-state index contributed by atoms with van der Waals surface area (Å²) in [5.41, 5.74) is 2.01. The molecule has 1 aromatic carbocycles. The number of benzene rings is 1. The van der Waals surface area contributed by atoms with E-state index in [9.17, 15) is 0 Å².